The number of aliphatic hydroxyl groups is 1. The van der Waals surface area contributed by atoms with Gasteiger partial charge in [-0.1, -0.05) is 0 Å². The largest absolute Gasteiger partial charge is 0.481 e. The summed E-state index contributed by atoms with van der Waals surface area (Å²) in [6.07, 6.45) is 1.25. The Hall–Kier alpha value is -1.34. The highest BCUT2D eigenvalue weighted by atomic mass is 16.5. The van der Waals surface area contributed by atoms with Gasteiger partial charge in [0.25, 0.3) is 0 Å². The number of nitrogens with zero attached hydrogens (tertiary/aromatic N) is 2. The number of hydrogen-bond donors (Lipinski definition) is 2. The molecular formula is C12H20N2O5. The number of rotatable bonds is 3. The summed E-state index contributed by atoms with van der Waals surface area (Å²) in [5.74, 6) is -0.875. The number of carboxylic acid groups (broad SMARTS) is 1. The molecular weight excluding hydrogens is 252 g/mol. The standard InChI is InChI=1S/C12H20N2O5/c15-8-10-7-13(4-5-19-10)12(18)14-3-1-2-9(14)6-11(16)17/h9-10,15H,1-8H2,(H,16,17). The molecule has 2 aliphatic heterocycles. The minimum atomic E-state index is -0.875. The van der Waals surface area contributed by atoms with Crippen molar-refractivity contribution < 1.29 is 24.5 Å². The molecule has 2 aliphatic rings. The third-order valence-electron chi connectivity index (χ3n) is 3.65. The van der Waals surface area contributed by atoms with E-state index in [1.165, 1.54) is 0 Å². The van der Waals surface area contributed by atoms with Crippen LogP contribution >= 0.6 is 0 Å². The number of carbonyl (C=O) groups is 2. The van der Waals surface area contributed by atoms with Gasteiger partial charge in [-0.15, -0.1) is 0 Å². The summed E-state index contributed by atoms with van der Waals surface area (Å²) in [6, 6.07) is -0.342. The Labute approximate surface area is 111 Å². The van der Waals surface area contributed by atoms with Crippen molar-refractivity contribution in [2.24, 2.45) is 0 Å². The van der Waals surface area contributed by atoms with Crippen molar-refractivity contribution in [1.29, 1.82) is 0 Å². The lowest BCUT2D eigenvalue weighted by atomic mass is 10.1. The van der Waals surface area contributed by atoms with E-state index in [0.29, 0.717) is 26.2 Å². The number of aliphatic hydroxyl groups excluding tert-OH is 1. The quantitative estimate of drug-likeness (QED) is 0.738. The number of likely N-dealkylation sites (tertiary alicyclic amines) is 1. The maximum absolute atomic E-state index is 12.4. The molecule has 2 saturated heterocycles. The molecule has 2 rings (SSSR count). The highest BCUT2D eigenvalue weighted by Gasteiger charge is 2.34. The van der Waals surface area contributed by atoms with Crippen LogP contribution in [0.25, 0.3) is 0 Å². The number of aliphatic carboxylic acids is 1. The maximum atomic E-state index is 12.4. The molecule has 2 unspecified atom stereocenters. The van der Waals surface area contributed by atoms with Gasteiger partial charge in [-0.25, -0.2) is 4.79 Å². The molecule has 2 heterocycles. The van der Waals surface area contributed by atoms with Crippen molar-refractivity contribution in [3.63, 3.8) is 0 Å². The first-order valence-corrected chi connectivity index (χ1v) is 6.61. The summed E-state index contributed by atoms with van der Waals surface area (Å²) in [7, 11) is 0. The minimum Gasteiger partial charge on any atom is -0.481 e. The third kappa shape index (κ3) is 3.36. The van der Waals surface area contributed by atoms with E-state index >= 15 is 0 Å². The normalized spacial score (nSPS) is 27.6. The molecule has 19 heavy (non-hydrogen) atoms. The second kappa shape index (κ2) is 6.21. The number of carbonyl (C=O) groups excluding carboxylic acids is 1. The molecule has 0 spiro atoms. The Kier molecular flexibility index (Phi) is 4.60. The smallest absolute Gasteiger partial charge is 0.320 e. The van der Waals surface area contributed by atoms with Crippen LogP contribution in [0.4, 0.5) is 4.79 Å². The lowest BCUT2D eigenvalue weighted by Crippen LogP contribution is -2.53. The first-order valence-electron chi connectivity index (χ1n) is 6.61. The average Bonchev–Trinajstić information content (AvgIpc) is 2.85. The molecule has 0 radical (unpaired) electrons. The number of hydrogen-bond acceptors (Lipinski definition) is 4. The summed E-state index contributed by atoms with van der Waals surface area (Å²) in [5.41, 5.74) is 0. The summed E-state index contributed by atoms with van der Waals surface area (Å²) in [4.78, 5) is 26.5. The van der Waals surface area contributed by atoms with Crippen LogP contribution in [-0.4, -0.2) is 77.0 Å². The predicted octanol–water partition coefficient (Wildman–Crippen LogP) is -0.261. The van der Waals surface area contributed by atoms with Crippen molar-refractivity contribution in [3.8, 4) is 0 Å². The van der Waals surface area contributed by atoms with Gasteiger partial charge in [0.15, 0.2) is 0 Å². The van der Waals surface area contributed by atoms with E-state index in [9.17, 15) is 9.59 Å². The van der Waals surface area contributed by atoms with Gasteiger partial charge in [0.1, 0.15) is 0 Å². The second-order valence-corrected chi connectivity index (χ2v) is 4.99. The lowest BCUT2D eigenvalue weighted by Gasteiger charge is -2.36. The van der Waals surface area contributed by atoms with Gasteiger partial charge in [-0.3, -0.25) is 4.79 Å². The van der Waals surface area contributed by atoms with E-state index in [2.05, 4.69) is 0 Å². The molecule has 0 aromatic carbocycles. The predicted molar refractivity (Wildman–Crippen MR) is 65.8 cm³/mol. The Morgan fingerprint density at radius 1 is 1.32 bits per heavy atom. The third-order valence-corrected chi connectivity index (χ3v) is 3.65. The SMILES string of the molecule is O=C(O)CC1CCCN1C(=O)N1CCOC(CO)C1. The van der Waals surface area contributed by atoms with E-state index in [0.717, 1.165) is 12.8 Å². The van der Waals surface area contributed by atoms with Crippen LogP contribution in [0.1, 0.15) is 19.3 Å². The summed E-state index contributed by atoms with van der Waals surface area (Å²) >= 11 is 0. The van der Waals surface area contributed by atoms with Gasteiger partial charge in [-0.2, -0.15) is 0 Å². The highest BCUT2D eigenvalue weighted by molar-refractivity contribution is 5.76. The number of urea groups is 1. The Bertz CT molecular complexity index is 349. The van der Waals surface area contributed by atoms with Crippen LogP contribution in [-0.2, 0) is 9.53 Å². The van der Waals surface area contributed by atoms with Crippen LogP contribution in [0, 0.1) is 0 Å². The fraction of sp³-hybridized carbons (Fsp3) is 0.833. The maximum Gasteiger partial charge on any atom is 0.320 e. The highest BCUT2D eigenvalue weighted by Crippen LogP contribution is 2.22. The molecule has 0 aromatic rings. The van der Waals surface area contributed by atoms with Crippen LogP contribution in [0.3, 0.4) is 0 Å². The molecule has 0 saturated carbocycles. The fourth-order valence-electron chi connectivity index (χ4n) is 2.69. The van der Waals surface area contributed by atoms with Crippen molar-refractivity contribution in [2.75, 3.05) is 32.8 Å². The fourth-order valence-corrected chi connectivity index (χ4v) is 2.69. The Morgan fingerprint density at radius 2 is 2.11 bits per heavy atom. The zero-order valence-electron chi connectivity index (χ0n) is 10.8. The molecule has 2 fully saturated rings. The van der Waals surface area contributed by atoms with Crippen LogP contribution in [0.2, 0.25) is 0 Å². The molecule has 0 aliphatic carbocycles. The van der Waals surface area contributed by atoms with Gasteiger partial charge < -0.3 is 24.7 Å². The summed E-state index contributed by atoms with van der Waals surface area (Å²) in [6.45, 7) is 1.77. The van der Waals surface area contributed by atoms with E-state index in [4.69, 9.17) is 14.9 Å². The molecule has 2 atom stereocenters. The molecule has 0 aromatic heterocycles. The van der Waals surface area contributed by atoms with Gasteiger partial charge in [-0.05, 0) is 12.8 Å². The molecule has 2 N–H and O–H groups in total. The molecule has 7 heteroatoms. The van der Waals surface area contributed by atoms with Gasteiger partial charge in [0.05, 0.1) is 32.3 Å². The van der Waals surface area contributed by atoms with Crippen molar-refractivity contribution in [3.05, 3.63) is 0 Å². The monoisotopic (exact) mass is 272 g/mol. The summed E-state index contributed by atoms with van der Waals surface area (Å²) < 4.78 is 5.31. The zero-order chi connectivity index (χ0) is 13.8. The molecule has 0 bridgehead atoms. The lowest BCUT2D eigenvalue weighted by molar-refractivity contribution is -0.138. The van der Waals surface area contributed by atoms with Gasteiger partial charge in [0, 0.05) is 19.1 Å². The van der Waals surface area contributed by atoms with E-state index < -0.39 is 5.97 Å². The Morgan fingerprint density at radius 3 is 2.79 bits per heavy atom. The van der Waals surface area contributed by atoms with Crippen LogP contribution in [0.15, 0.2) is 0 Å². The van der Waals surface area contributed by atoms with Crippen molar-refractivity contribution in [2.45, 2.75) is 31.4 Å². The van der Waals surface area contributed by atoms with Crippen LogP contribution in [0.5, 0.6) is 0 Å². The first-order chi connectivity index (χ1) is 9.11. The number of morpholine rings is 1. The van der Waals surface area contributed by atoms with Gasteiger partial charge in [0.2, 0.25) is 0 Å². The molecule has 7 nitrogen and oxygen atoms in total. The first kappa shape index (κ1) is 14.1. The molecule has 108 valence electrons. The number of carboxylic acids is 1. The van der Waals surface area contributed by atoms with E-state index in [-0.39, 0.29) is 31.2 Å². The number of ether oxygens (including phenoxy) is 1. The van der Waals surface area contributed by atoms with Crippen LogP contribution < -0.4 is 0 Å². The van der Waals surface area contributed by atoms with Crippen molar-refractivity contribution in [1.82, 2.24) is 9.80 Å². The van der Waals surface area contributed by atoms with Gasteiger partial charge >= 0.3 is 12.0 Å². The summed E-state index contributed by atoms with van der Waals surface area (Å²) in [5, 5.41) is 17.9. The Balaban J connectivity index is 1.96. The van der Waals surface area contributed by atoms with E-state index in [1.54, 1.807) is 9.80 Å². The van der Waals surface area contributed by atoms with E-state index in [1.807, 2.05) is 0 Å². The molecule has 2 amide bonds. The topological polar surface area (TPSA) is 90.3 Å². The second-order valence-electron chi connectivity index (χ2n) is 4.99. The van der Waals surface area contributed by atoms with Crippen molar-refractivity contribution >= 4 is 12.0 Å². The zero-order valence-corrected chi connectivity index (χ0v) is 10.8. The minimum absolute atomic E-state index is 0.000488. The average molecular weight is 272 g/mol. The number of amides is 2.